The van der Waals surface area contributed by atoms with E-state index < -0.39 is 12.3 Å². The number of nitrogens with one attached hydrogen (secondary N) is 2. The average molecular weight is 267 g/mol. The molecule has 0 aromatic heterocycles. The Morgan fingerprint density at radius 1 is 1.35 bits per heavy atom. The van der Waals surface area contributed by atoms with Gasteiger partial charge in [0.1, 0.15) is 0 Å². The van der Waals surface area contributed by atoms with Crippen LogP contribution in [0.2, 0.25) is 5.02 Å². The highest BCUT2D eigenvalue weighted by Crippen LogP contribution is 2.11. The molecule has 1 aromatic rings. The normalized spacial score (nSPS) is 11.1. The number of alkyl halides is 3. The molecular weight excluding hydrogens is 257 g/mol. The van der Waals surface area contributed by atoms with Crippen molar-refractivity contribution in [2.75, 3.05) is 6.54 Å². The van der Waals surface area contributed by atoms with Crippen molar-refractivity contribution in [2.24, 2.45) is 0 Å². The molecule has 0 radical (unpaired) electrons. The van der Waals surface area contributed by atoms with Gasteiger partial charge in [-0.1, -0.05) is 23.7 Å². The molecule has 0 spiro atoms. The van der Waals surface area contributed by atoms with Crippen LogP contribution in [0.5, 0.6) is 0 Å². The molecule has 1 aromatic carbocycles. The van der Waals surface area contributed by atoms with Crippen molar-refractivity contribution >= 4 is 17.6 Å². The van der Waals surface area contributed by atoms with E-state index in [9.17, 15) is 18.0 Å². The highest BCUT2D eigenvalue weighted by molar-refractivity contribution is 6.30. The minimum atomic E-state index is -4.71. The lowest BCUT2D eigenvalue weighted by Gasteiger charge is -2.09. The summed E-state index contributed by atoms with van der Waals surface area (Å²) in [7, 11) is 0. The molecule has 2 amide bonds. The molecule has 17 heavy (non-hydrogen) atoms. The summed E-state index contributed by atoms with van der Waals surface area (Å²) in [6, 6.07) is 5.61. The van der Waals surface area contributed by atoms with Gasteiger partial charge in [-0.25, -0.2) is 10.1 Å². The van der Waals surface area contributed by atoms with E-state index in [2.05, 4.69) is 5.32 Å². The number of carbonyl (C=O) groups excluding carboxylic acids is 1. The Hall–Kier alpha value is -1.43. The highest BCUT2D eigenvalue weighted by atomic mass is 35.5. The predicted octanol–water partition coefficient (Wildman–Crippen LogP) is 2.70. The third kappa shape index (κ3) is 6.01. The summed E-state index contributed by atoms with van der Waals surface area (Å²) < 4.78 is 35.2. The van der Waals surface area contributed by atoms with Crippen LogP contribution in [0.15, 0.2) is 24.3 Å². The molecule has 0 fully saturated rings. The summed E-state index contributed by atoms with van der Waals surface area (Å²) in [5.41, 5.74) is 0.838. The predicted molar refractivity (Wildman–Crippen MR) is 57.7 cm³/mol. The largest absolute Gasteiger partial charge is 0.485 e. The fraction of sp³-hybridized carbons (Fsp3) is 0.300. The third-order valence-electron chi connectivity index (χ3n) is 1.84. The van der Waals surface area contributed by atoms with E-state index in [-0.39, 0.29) is 6.54 Å². The Morgan fingerprint density at radius 3 is 2.65 bits per heavy atom. The number of benzene rings is 1. The first-order valence-electron chi connectivity index (χ1n) is 4.74. The molecule has 0 saturated carbocycles. The van der Waals surface area contributed by atoms with Crippen LogP contribution in [-0.2, 0) is 6.42 Å². The molecule has 0 saturated heterocycles. The zero-order valence-corrected chi connectivity index (χ0v) is 9.40. The summed E-state index contributed by atoms with van der Waals surface area (Å²) in [5.74, 6) is 0. The van der Waals surface area contributed by atoms with E-state index in [1.54, 1.807) is 24.3 Å². The van der Waals surface area contributed by atoms with Crippen molar-refractivity contribution < 1.29 is 18.0 Å². The van der Waals surface area contributed by atoms with E-state index in [4.69, 9.17) is 11.6 Å². The standard InChI is InChI=1S/C10H10ClF3N2O/c11-8-3-1-2-7(6-8)4-5-15-9(17)16-10(12,13)14/h1-3,6H,4-5H2,(H2,15,16,17). The van der Waals surface area contributed by atoms with Gasteiger partial charge in [0.15, 0.2) is 0 Å². The monoisotopic (exact) mass is 266 g/mol. The van der Waals surface area contributed by atoms with Crippen molar-refractivity contribution in [3.63, 3.8) is 0 Å². The van der Waals surface area contributed by atoms with Gasteiger partial charge in [0.2, 0.25) is 0 Å². The first kappa shape index (κ1) is 13.6. The Kier molecular flexibility index (Phi) is 4.62. The molecule has 3 nitrogen and oxygen atoms in total. The zero-order valence-electron chi connectivity index (χ0n) is 8.64. The molecule has 0 aliphatic rings. The maximum Gasteiger partial charge on any atom is 0.485 e. The second kappa shape index (κ2) is 5.77. The molecule has 0 bridgehead atoms. The van der Waals surface area contributed by atoms with Gasteiger partial charge in [-0.3, -0.25) is 0 Å². The van der Waals surface area contributed by atoms with Gasteiger partial charge < -0.3 is 5.32 Å². The molecule has 0 unspecified atom stereocenters. The molecule has 1 rings (SSSR count). The molecular formula is C10H10ClF3N2O. The Morgan fingerprint density at radius 2 is 2.06 bits per heavy atom. The zero-order chi connectivity index (χ0) is 12.9. The van der Waals surface area contributed by atoms with Crippen LogP contribution in [0.4, 0.5) is 18.0 Å². The fourth-order valence-electron chi connectivity index (χ4n) is 1.19. The molecule has 0 aliphatic heterocycles. The number of amides is 2. The molecule has 94 valence electrons. The van der Waals surface area contributed by atoms with Crippen molar-refractivity contribution in [1.82, 2.24) is 10.6 Å². The number of rotatable bonds is 3. The maximum absolute atomic E-state index is 11.7. The van der Waals surface area contributed by atoms with Crippen molar-refractivity contribution in [1.29, 1.82) is 0 Å². The van der Waals surface area contributed by atoms with Gasteiger partial charge in [0.05, 0.1) is 0 Å². The van der Waals surface area contributed by atoms with Crippen LogP contribution in [0, 0.1) is 0 Å². The smallest absolute Gasteiger partial charge is 0.338 e. The quantitative estimate of drug-likeness (QED) is 0.812. The second-order valence-corrected chi connectivity index (χ2v) is 3.70. The highest BCUT2D eigenvalue weighted by Gasteiger charge is 2.29. The Labute approximate surface area is 101 Å². The van der Waals surface area contributed by atoms with Gasteiger partial charge in [0, 0.05) is 11.6 Å². The van der Waals surface area contributed by atoms with E-state index in [1.807, 2.05) is 0 Å². The fourth-order valence-corrected chi connectivity index (χ4v) is 1.40. The first-order chi connectivity index (χ1) is 7.87. The van der Waals surface area contributed by atoms with Gasteiger partial charge in [-0.15, -0.1) is 0 Å². The van der Waals surface area contributed by atoms with Crippen LogP contribution in [0.25, 0.3) is 0 Å². The number of urea groups is 1. The molecule has 7 heteroatoms. The van der Waals surface area contributed by atoms with Crippen molar-refractivity contribution in [2.45, 2.75) is 12.7 Å². The lowest BCUT2D eigenvalue weighted by atomic mass is 10.1. The maximum atomic E-state index is 11.7. The number of hydrogen-bond acceptors (Lipinski definition) is 1. The van der Waals surface area contributed by atoms with E-state index >= 15 is 0 Å². The van der Waals surface area contributed by atoms with Crippen LogP contribution in [-0.4, -0.2) is 18.9 Å². The van der Waals surface area contributed by atoms with Gasteiger partial charge >= 0.3 is 12.3 Å². The van der Waals surface area contributed by atoms with Crippen LogP contribution >= 0.6 is 11.6 Å². The topological polar surface area (TPSA) is 41.1 Å². The molecule has 2 N–H and O–H groups in total. The van der Waals surface area contributed by atoms with E-state index in [0.717, 1.165) is 10.9 Å². The second-order valence-electron chi connectivity index (χ2n) is 3.26. The SMILES string of the molecule is O=C(NCCc1cccc(Cl)c1)NC(F)(F)F. The molecule has 0 atom stereocenters. The van der Waals surface area contributed by atoms with E-state index in [0.29, 0.717) is 11.4 Å². The molecule has 0 aliphatic carbocycles. The van der Waals surface area contributed by atoms with Gasteiger partial charge in [-0.2, -0.15) is 13.2 Å². The number of halogens is 4. The summed E-state index contributed by atoms with van der Waals surface area (Å²) in [5, 5.41) is 3.48. The van der Waals surface area contributed by atoms with Crippen molar-refractivity contribution in [3.05, 3.63) is 34.9 Å². The minimum Gasteiger partial charge on any atom is -0.338 e. The lowest BCUT2D eigenvalue weighted by molar-refractivity contribution is -0.145. The Balaban J connectivity index is 2.31. The molecule has 0 heterocycles. The summed E-state index contributed by atoms with van der Waals surface area (Å²) in [6.45, 7) is 0.0995. The summed E-state index contributed by atoms with van der Waals surface area (Å²) in [4.78, 5) is 10.7. The number of hydrogen-bond donors (Lipinski definition) is 2. The lowest BCUT2D eigenvalue weighted by Crippen LogP contribution is -2.44. The van der Waals surface area contributed by atoms with E-state index in [1.165, 1.54) is 0 Å². The average Bonchev–Trinajstić information content (AvgIpc) is 2.14. The van der Waals surface area contributed by atoms with Crippen LogP contribution in [0.1, 0.15) is 5.56 Å². The van der Waals surface area contributed by atoms with Crippen LogP contribution in [0.3, 0.4) is 0 Å². The van der Waals surface area contributed by atoms with Crippen molar-refractivity contribution in [3.8, 4) is 0 Å². The van der Waals surface area contributed by atoms with Crippen LogP contribution < -0.4 is 10.6 Å². The third-order valence-corrected chi connectivity index (χ3v) is 2.08. The summed E-state index contributed by atoms with van der Waals surface area (Å²) >= 11 is 5.72. The van der Waals surface area contributed by atoms with Gasteiger partial charge in [0.25, 0.3) is 0 Å². The Bertz CT molecular complexity index is 395. The minimum absolute atomic E-state index is 0.0995. The summed E-state index contributed by atoms with van der Waals surface area (Å²) in [6.07, 6.45) is -4.30. The number of carbonyl (C=O) groups is 1. The first-order valence-corrected chi connectivity index (χ1v) is 5.12. The van der Waals surface area contributed by atoms with Gasteiger partial charge in [-0.05, 0) is 24.1 Å².